The molecule has 0 bridgehead atoms. The lowest BCUT2D eigenvalue weighted by atomic mass is 10.1. The number of benzene rings is 1. The van der Waals surface area contributed by atoms with E-state index in [2.05, 4.69) is 14.9 Å². The average molecular weight is 273 g/mol. The Morgan fingerprint density at radius 1 is 1.45 bits per heavy atom. The van der Waals surface area contributed by atoms with Crippen molar-refractivity contribution in [1.82, 2.24) is 10.3 Å². The van der Waals surface area contributed by atoms with Crippen LogP contribution in [0.15, 0.2) is 22.8 Å². The molecule has 1 amide bonds. The molecule has 0 saturated carbocycles. The highest BCUT2D eigenvalue weighted by atomic mass is 16.6. The Morgan fingerprint density at radius 3 is 2.90 bits per heavy atom. The van der Waals surface area contributed by atoms with Crippen molar-refractivity contribution in [2.24, 2.45) is 0 Å². The van der Waals surface area contributed by atoms with Crippen LogP contribution in [-0.4, -0.2) is 27.3 Å². The molecule has 0 saturated heterocycles. The van der Waals surface area contributed by atoms with Gasteiger partial charge in [0.2, 0.25) is 5.91 Å². The van der Waals surface area contributed by atoms with E-state index in [-0.39, 0.29) is 24.4 Å². The summed E-state index contributed by atoms with van der Waals surface area (Å²) in [5.74, 6) is -1.10. The highest BCUT2D eigenvalue weighted by Crippen LogP contribution is 2.31. The Morgan fingerprint density at radius 2 is 2.25 bits per heavy atom. The zero-order valence-electron chi connectivity index (χ0n) is 10.7. The monoisotopic (exact) mass is 273 g/mol. The number of carbonyl (C=O) groups excluding carboxylic acids is 1. The molecule has 1 aliphatic heterocycles. The second kappa shape index (κ2) is 4.44. The van der Waals surface area contributed by atoms with Crippen molar-refractivity contribution in [2.75, 3.05) is 4.90 Å². The quantitative estimate of drug-likeness (QED) is 0.901. The van der Waals surface area contributed by atoms with Crippen molar-refractivity contribution in [2.45, 2.75) is 19.9 Å². The van der Waals surface area contributed by atoms with Crippen LogP contribution in [0.2, 0.25) is 0 Å². The predicted molar refractivity (Wildman–Crippen MR) is 67.3 cm³/mol. The largest absolute Gasteiger partial charge is 0.478 e. The zero-order chi connectivity index (χ0) is 14.3. The molecule has 0 aliphatic carbocycles. The van der Waals surface area contributed by atoms with Gasteiger partial charge in [0.05, 0.1) is 18.5 Å². The molecule has 2 aromatic rings. The highest BCUT2D eigenvalue weighted by Gasteiger charge is 2.29. The van der Waals surface area contributed by atoms with Crippen LogP contribution in [0.25, 0.3) is 0 Å². The van der Waals surface area contributed by atoms with Crippen LogP contribution in [0.3, 0.4) is 0 Å². The third-order valence-electron chi connectivity index (χ3n) is 3.31. The van der Waals surface area contributed by atoms with Gasteiger partial charge in [-0.3, -0.25) is 4.79 Å². The maximum Gasteiger partial charge on any atom is 0.335 e. The number of carboxylic acids is 1. The fourth-order valence-electron chi connectivity index (χ4n) is 2.23. The van der Waals surface area contributed by atoms with Crippen LogP contribution in [0.5, 0.6) is 0 Å². The van der Waals surface area contributed by atoms with E-state index < -0.39 is 5.97 Å². The van der Waals surface area contributed by atoms with E-state index in [0.29, 0.717) is 22.6 Å². The Hall–Kier alpha value is -2.70. The van der Waals surface area contributed by atoms with Gasteiger partial charge < -0.3 is 10.0 Å². The Kier molecular flexibility index (Phi) is 2.74. The molecule has 0 radical (unpaired) electrons. The first kappa shape index (κ1) is 12.3. The number of anilines is 1. The lowest BCUT2D eigenvalue weighted by Crippen LogP contribution is -2.26. The van der Waals surface area contributed by atoms with E-state index in [9.17, 15) is 9.59 Å². The van der Waals surface area contributed by atoms with Crippen LogP contribution in [0, 0.1) is 6.92 Å². The van der Waals surface area contributed by atoms with E-state index in [4.69, 9.17) is 5.11 Å². The van der Waals surface area contributed by atoms with Gasteiger partial charge in [0.15, 0.2) is 0 Å². The second-order valence-corrected chi connectivity index (χ2v) is 4.60. The number of aromatic nitrogens is 2. The van der Waals surface area contributed by atoms with Gasteiger partial charge in [0, 0.05) is 5.69 Å². The number of aryl methyl sites for hydroxylation is 1. The molecule has 102 valence electrons. The summed E-state index contributed by atoms with van der Waals surface area (Å²) in [4.78, 5) is 24.5. The molecule has 7 heteroatoms. The molecule has 1 aromatic heterocycles. The maximum atomic E-state index is 12.0. The first-order valence-corrected chi connectivity index (χ1v) is 6.01. The molecule has 0 atom stereocenters. The van der Waals surface area contributed by atoms with E-state index in [1.165, 1.54) is 12.1 Å². The van der Waals surface area contributed by atoms with E-state index >= 15 is 0 Å². The van der Waals surface area contributed by atoms with Crippen LogP contribution in [0.4, 0.5) is 5.69 Å². The standard InChI is InChI=1S/C13H11N3O4/c1-7-10(15-20-14-7)6-16-11-3-2-8(13(18)19)4-9(11)5-12(16)17/h2-4H,5-6H2,1H3,(H,18,19). The second-order valence-electron chi connectivity index (χ2n) is 4.60. The summed E-state index contributed by atoms with van der Waals surface area (Å²) in [6.45, 7) is 2.02. The summed E-state index contributed by atoms with van der Waals surface area (Å²) in [5.41, 5.74) is 2.83. The summed E-state index contributed by atoms with van der Waals surface area (Å²) in [7, 11) is 0. The summed E-state index contributed by atoms with van der Waals surface area (Å²) in [6.07, 6.45) is 0.195. The van der Waals surface area contributed by atoms with Crippen LogP contribution in [-0.2, 0) is 17.8 Å². The molecule has 20 heavy (non-hydrogen) atoms. The SMILES string of the molecule is Cc1nonc1CN1C(=O)Cc2cc(C(=O)O)ccc21. The van der Waals surface area contributed by atoms with Crippen LogP contribution < -0.4 is 4.90 Å². The Bertz CT molecular complexity index is 707. The van der Waals surface area contributed by atoms with Crippen molar-refractivity contribution in [3.63, 3.8) is 0 Å². The van der Waals surface area contributed by atoms with Gasteiger partial charge in [0.25, 0.3) is 0 Å². The maximum absolute atomic E-state index is 12.0. The molecule has 0 spiro atoms. The van der Waals surface area contributed by atoms with Gasteiger partial charge in [-0.15, -0.1) is 0 Å². The minimum Gasteiger partial charge on any atom is -0.478 e. The molecular formula is C13H11N3O4. The lowest BCUT2D eigenvalue weighted by molar-refractivity contribution is -0.117. The van der Waals surface area contributed by atoms with Crippen molar-refractivity contribution >= 4 is 17.6 Å². The Balaban J connectivity index is 1.94. The minimum atomic E-state index is -1.00. The molecule has 3 rings (SSSR count). The number of carboxylic acid groups (broad SMARTS) is 1. The third-order valence-corrected chi connectivity index (χ3v) is 3.31. The van der Waals surface area contributed by atoms with Crippen LogP contribution >= 0.6 is 0 Å². The third kappa shape index (κ3) is 1.93. The predicted octanol–water partition coefficient (Wildman–Crippen LogP) is 1.17. The van der Waals surface area contributed by atoms with Gasteiger partial charge in [0.1, 0.15) is 11.4 Å². The summed E-state index contributed by atoms with van der Waals surface area (Å²) in [6, 6.07) is 4.66. The number of carbonyl (C=O) groups is 2. The average Bonchev–Trinajstić information content (AvgIpc) is 2.94. The number of amides is 1. The van der Waals surface area contributed by atoms with Crippen molar-refractivity contribution in [3.05, 3.63) is 40.7 Å². The lowest BCUT2D eigenvalue weighted by Gasteiger charge is -2.15. The molecule has 2 heterocycles. The molecule has 0 fully saturated rings. The zero-order valence-corrected chi connectivity index (χ0v) is 10.7. The van der Waals surface area contributed by atoms with Crippen molar-refractivity contribution in [1.29, 1.82) is 0 Å². The first-order valence-electron chi connectivity index (χ1n) is 6.01. The van der Waals surface area contributed by atoms with E-state index in [1.54, 1.807) is 17.9 Å². The van der Waals surface area contributed by atoms with Crippen LogP contribution in [0.1, 0.15) is 27.3 Å². The fraction of sp³-hybridized carbons (Fsp3) is 0.231. The Labute approximate surface area is 113 Å². The highest BCUT2D eigenvalue weighted by molar-refractivity contribution is 6.02. The molecular weight excluding hydrogens is 262 g/mol. The summed E-state index contributed by atoms with van der Waals surface area (Å²) < 4.78 is 4.61. The van der Waals surface area contributed by atoms with E-state index in [0.717, 1.165) is 0 Å². The van der Waals surface area contributed by atoms with E-state index in [1.807, 2.05) is 0 Å². The minimum absolute atomic E-state index is 0.0926. The number of hydrogen-bond donors (Lipinski definition) is 1. The molecule has 1 N–H and O–H groups in total. The topological polar surface area (TPSA) is 96.5 Å². The molecule has 1 aliphatic rings. The smallest absolute Gasteiger partial charge is 0.335 e. The summed E-state index contributed by atoms with van der Waals surface area (Å²) in [5, 5.41) is 16.4. The number of rotatable bonds is 3. The number of aromatic carboxylic acids is 1. The van der Waals surface area contributed by atoms with Crippen molar-refractivity contribution in [3.8, 4) is 0 Å². The molecule has 1 aromatic carbocycles. The van der Waals surface area contributed by atoms with Gasteiger partial charge in [-0.05, 0) is 30.7 Å². The number of hydrogen-bond acceptors (Lipinski definition) is 5. The fourth-order valence-corrected chi connectivity index (χ4v) is 2.23. The number of fused-ring (bicyclic) bond motifs is 1. The first-order chi connectivity index (χ1) is 9.56. The summed E-state index contributed by atoms with van der Waals surface area (Å²) >= 11 is 0. The van der Waals surface area contributed by atoms with Gasteiger partial charge in [-0.1, -0.05) is 10.3 Å². The molecule has 0 unspecified atom stereocenters. The molecule has 7 nitrogen and oxygen atoms in total. The normalized spacial score (nSPS) is 13.7. The van der Waals surface area contributed by atoms with Crippen molar-refractivity contribution < 1.29 is 19.3 Å². The van der Waals surface area contributed by atoms with Gasteiger partial charge in [-0.25, -0.2) is 9.42 Å². The number of nitrogens with zero attached hydrogens (tertiary/aromatic N) is 3. The van der Waals surface area contributed by atoms with Gasteiger partial charge >= 0.3 is 5.97 Å². The van der Waals surface area contributed by atoms with Gasteiger partial charge in [-0.2, -0.15) is 0 Å².